The van der Waals surface area contributed by atoms with Crippen LogP contribution in [0.2, 0.25) is 0 Å². The number of carbonyl (C=O) groups is 1. The number of rotatable bonds is 3. The Balaban J connectivity index is 1.45. The fraction of sp³-hybridized carbons (Fsp3) is 0.706. The lowest BCUT2D eigenvalue weighted by Crippen LogP contribution is -2.47. The van der Waals surface area contributed by atoms with E-state index in [2.05, 4.69) is 21.8 Å². The second-order valence-corrected chi connectivity index (χ2v) is 6.98. The molecule has 0 radical (unpaired) electrons. The van der Waals surface area contributed by atoms with Crippen LogP contribution < -0.4 is 0 Å². The molecule has 1 saturated carbocycles. The van der Waals surface area contributed by atoms with Gasteiger partial charge < -0.3 is 9.64 Å². The van der Waals surface area contributed by atoms with Crippen molar-refractivity contribution < 1.29 is 9.53 Å². The summed E-state index contributed by atoms with van der Waals surface area (Å²) in [4.78, 5) is 26.1. The van der Waals surface area contributed by atoms with Crippen LogP contribution in [-0.4, -0.2) is 71.1 Å². The highest BCUT2D eigenvalue weighted by Gasteiger charge is 2.37. The van der Waals surface area contributed by atoms with Gasteiger partial charge in [-0.3, -0.25) is 9.69 Å². The van der Waals surface area contributed by atoms with Gasteiger partial charge >= 0.3 is 0 Å². The zero-order valence-electron chi connectivity index (χ0n) is 13.6. The van der Waals surface area contributed by atoms with Crippen LogP contribution in [0.4, 0.5) is 0 Å². The van der Waals surface area contributed by atoms with Gasteiger partial charge in [0.15, 0.2) is 0 Å². The van der Waals surface area contributed by atoms with Crippen LogP contribution in [-0.2, 0) is 4.74 Å². The van der Waals surface area contributed by atoms with Crippen LogP contribution in [0, 0.1) is 5.92 Å². The minimum atomic E-state index is 0.0527. The smallest absolute Gasteiger partial charge is 0.272 e. The SMILES string of the molecule is CC1CN(C(=O)c2ccnc(C3CC3)n2)CC1N1CCOCC1. The number of aromatic nitrogens is 2. The first-order valence-electron chi connectivity index (χ1n) is 8.66. The highest BCUT2D eigenvalue weighted by atomic mass is 16.5. The highest BCUT2D eigenvalue weighted by Crippen LogP contribution is 2.37. The predicted octanol–water partition coefficient (Wildman–Crippen LogP) is 1.15. The molecule has 6 heteroatoms. The minimum absolute atomic E-state index is 0.0527. The van der Waals surface area contributed by atoms with Gasteiger partial charge in [0.1, 0.15) is 11.5 Å². The van der Waals surface area contributed by atoms with Crippen LogP contribution in [0.15, 0.2) is 12.3 Å². The Kier molecular flexibility index (Phi) is 4.03. The molecule has 3 aliphatic rings. The summed E-state index contributed by atoms with van der Waals surface area (Å²) in [7, 11) is 0. The molecule has 4 rings (SSSR count). The molecule has 0 spiro atoms. The van der Waals surface area contributed by atoms with E-state index in [-0.39, 0.29) is 5.91 Å². The van der Waals surface area contributed by atoms with Crippen LogP contribution in [0.25, 0.3) is 0 Å². The van der Waals surface area contributed by atoms with Crippen molar-refractivity contribution in [2.45, 2.75) is 31.7 Å². The number of carbonyl (C=O) groups excluding carboxylic acids is 1. The maximum absolute atomic E-state index is 12.8. The molecule has 0 aromatic carbocycles. The first-order valence-corrected chi connectivity index (χ1v) is 8.66. The summed E-state index contributed by atoms with van der Waals surface area (Å²) < 4.78 is 5.44. The van der Waals surface area contributed by atoms with Gasteiger partial charge in [-0.2, -0.15) is 0 Å². The first kappa shape index (κ1) is 15.0. The molecular weight excluding hydrogens is 292 g/mol. The Morgan fingerprint density at radius 1 is 1.26 bits per heavy atom. The Bertz CT molecular complexity index is 584. The molecule has 0 bridgehead atoms. The largest absolute Gasteiger partial charge is 0.379 e. The first-order chi connectivity index (χ1) is 11.2. The van der Waals surface area contributed by atoms with E-state index in [1.165, 1.54) is 0 Å². The molecule has 2 unspecified atom stereocenters. The van der Waals surface area contributed by atoms with Gasteiger partial charge in [-0.15, -0.1) is 0 Å². The summed E-state index contributed by atoms with van der Waals surface area (Å²) in [5.74, 6) is 1.85. The second kappa shape index (κ2) is 6.17. The van der Waals surface area contributed by atoms with Crippen LogP contribution in [0.5, 0.6) is 0 Å². The molecular formula is C17H24N4O2. The standard InChI is InChI=1S/C17H24N4O2/c1-12-10-21(11-15(12)20-6-8-23-9-7-20)17(22)14-4-5-18-16(19-14)13-2-3-13/h4-5,12-13,15H,2-3,6-11H2,1H3. The average Bonchev–Trinajstić information content (AvgIpc) is 3.37. The molecule has 23 heavy (non-hydrogen) atoms. The second-order valence-electron chi connectivity index (χ2n) is 6.98. The van der Waals surface area contributed by atoms with E-state index in [0.717, 1.165) is 58.1 Å². The van der Waals surface area contributed by atoms with Gasteiger partial charge in [-0.05, 0) is 24.8 Å². The molecule has 0 N–H and O–H groups in total. The quantitative estimate of drug-likeness (QED) is 0.837. The number of ether oxygens (including phenoxy) is 1. The number of likely N-dealkylation sites (tertiary alicyclic amines) is 1. The fourth-order valence-electron chi connectivity index (χ4n) is 3.69. The summed E-state index contributed by atoms with van der Waals surface area (Å²) in [6.45, 7) is 7.38. The Labute approximate surface area is 136 Å². The van der Waals surface area contributed by atoms with E-state index in [4.69, 9.17) is 4.74 Å². The van der Waals surface area contributed by atoms with E-state index in [0.29, 0.717) is 23.6 Å². The summed E-state index contributed by atoms with van der Waals surface area (Å²) >= 11 is 0. The predicted molar refractivity (Wildman–Crippen MR) is 85.3 cm³/mol. The number of hydrogen-bond acceptors (Lipinski definition) is 5. The lowest BCUT2D eigenvalue weighted by Gasteiger charge is -2.33. The lowest BCUT2D eigenvalue weighted by molar-refractivity contribution is 0.0119. The fourth-order valence-corrected chi connectivity index (χ4v) is 3.69. The Morgan fingerprint density at radius 3 is 2.78 bits per heavy atom. The van der Waals surface area contributed by atoms with Gasteiger partial charge in [0.25, 0.3) is 5.91 Å². The number of hydrogen-bond donors (Lipinski definition) is 0. The van der Waals surface area contributed by atoms with Crippen molar-refractivity contribution in [1.82, 2.24) is 19.8 Å². The topological polar surface area (TPSA) is 58.6 Å². The van der Waals surface area contributed by atoms with Crippen molar-refractivity contribution in [2.24, 2.45) is 5.92 Å². The summed E-state index contributed by atoms with van der Waals surface area (Å²) in [6, 6.07) is 2.19. The molecule has 2 atom stereocenters. The maximum atomic E-state index is 12.8. The van der Waals surface area contributed by atoms with E-state index in [9.17, 15) is 4.79 Å². The zero-order chi connectivity index (χ0) is 15.8. The molecule has 124 valence electrons. The van der Waals surface area contributed by atoms with Crippen LogP contribution in [0.3, 0.4) is 0 Å². The van der Waals surface area contributed by atoms with Crippen molar-refractivity contribution in [1.29, 1.82) is 0 Å². The van der Waals surface area contributed by atoms with E-state index < -0.39 is 0 Å². The highest BCUT2D eigenvalue weighted by molar-refractivity contribution is 5.92. The molecule has 6 nitrogen and oxygen atoms in total. The third-order valence-electron chi connectivity index (χ3n) is 5.21. The summed E-state index contributed by atoms with van der Waals surface area (Å²) in [6.07, 6.45) is 4.03. The molecule has 2 saturated heterocycles. The molecule has 2 aliphatic heterocycles. The van der Waals surface area contributed by atoms with Gasteiger partial charge in [0.05, 0.1) is 13.2 Å². The lowest BCUT2D eigenvalue weighted by atomic mass is 10.0. The Morgan fingerprint density at radius 2 is 2.04 bits per heavy atom. The van der Waals surface area contributed by atoms with Gasteiger partial charge in [0, 0.05) is 44.3 Å². The van der Waals surface area contributed by atoms with Crippen molar-refractivity contribution in [2.75, 3.05) is 39.4 Å². The zero-order valence-corrected chi connectivity index (χ0v) is 13.6. The van der Waals surface area contributed by atoms with Gasteiger partial charge in [-0.1, -0.05) is 6.92 Å². The summed E-state index contributed by atoms with van der Waals surface area (Å²) in [5.41, 5.74) is 0.553. The Hall–Kier alpha value is -1.53. The molecule has 3 fully saturated rings. The molecule has 1 aliphatic carbocycles. The monoisotopic (exact) mass is 316 g/mol. The van der Waals surface area contributed by atoms with Crippen LogP contribution >= 0.6 is 0 Å². The third kappa shape index (κ3) is 3.10. The minimum Gasteiger partial charge on any atom is -0.379 e. The van der Waals surface area contributed by atoms with Crippen molar-refractivity contribution in [3.8, 4) is 0 Å². The molecule has 3 heterocycles. The van der Waals surface area contributed by atoms with E-state index >= 15 is 0 Å². The number of morpholine rings is 1. The van der Waals surface area contributed by atoms with Gasteiger partial charge in [-0.25, -0.2) is 9.97 Å². The van der Waals surface area contributed by atoms with Crippen molar-refractivity contribution in [3.05, 3.63) is 23.8 Å². The third-order valence-corrected chi connectivity index (χ3v) is 5.21. The number of amides is 1. The summed E-state index contributed by atoms with van der Waals surface area (Å²) in [5, 5.41) is 0. The number of nitrogens with zero attached hydrogens (tertiary/aromatic N) is 4. The van der Waals surface area contributed by atoms with E-state index in [1.54, 1.807) is 12.3 Å². The van der Waals surface area contributed by atoms with Crippen LogP contribution in [0.1, 0.15) is 42.0 Å². The van der Waals surface area contributed by atoms with Crippen molar-refractivity contribution in [3.63, 3.8) is 0 Å². The molecule has 1 amide bonds. The molecule has 1 aromatic rings. The average molecular weight is 316 g/mol. The maximum Gasteiger partial charge on any atom is 0.272 e. The van der Waals surface area contributed by atoms with Gasteiger partial charge in [0.2, 0.25) is 0 Å². The van der Waals surface area contributed by atoms with E-state index in [1.807, 2.05) is 4.90 Å². The van der Waals surface area contributed by atoms with Crippen molar-refractivity contribution >= 4 is 5.91 Å². The normalized spacial score (nSPS) is 29.0. The molecule has 1 aromatic heterocycles.